The summed E-state index contributed by atoms with van der Waals surface area (Å²) >= 11 is 6.70. The first-order chi connectivity index (χ1) is 8.69. The van der Waals surface area contributed by atoms with Gasteiger partial charge in [-0.25, -0.2) is 0 Å². The molecule has 0 unspecified atom stereocenters. The van der Waals surface area contributed by atoms with Gasteiger partial charge in [-0.05, 0) is 72.5 Å². The van der Waals surface area contributed by atoms with Gasteiger partial charge in [-0.15, -0.1) is 0 Å². The van der Waals surface area contributed by atoms with Crippen LogP contribution in [0.5, 0.6) is 0 Å². The third-order valence-corrected chi connectivity index (χ3v) is 6.18. The summed E-state index contributed by atoms with van der Waals surface area (Å²) in [5, 5.41) is 1.13. The van der Waals surface area contributed by atoms with E-state index >= 15 is 0 Å². The van der Waals surface area contributed by atoms with Crippen LogP contribution in [0.4, 0.5) is 0 Å². The molecular formula is C17H21Cl. The molecule has 0 aromatic heterocycles. The van der Waals surface area contributed by atoms with Gasteiger partial charge in [0.1, 0.15) is 0 Å². The average Bonchev–Trinajstić information content (AvgIpc) is 3.10. The van der Waals surface area contributed by atoms with Crippen LogP contribution in [-0.2, 0) is 6.42 Å². The van der Waals surface area contributed by atoms with Gasteiger partial charge in [0.15, 0.2) is 0 Å². The second-order valence-corrected chi connectivity index (χ2v) is 7.29. The molecule has 0 spiro atoms. The Hall–Kier alpha value is -0.490. The molecule has 0 N–H and O–H groups in total. The fourth-order valence-electron chi connectivity index (χ4n) is 4.42. The zero-order valence-corrected chi connectivity index (χ0v) is 11.9. The lowest BCUT2D eigenvalue weighted by Gasteiger charge is -2.38. The maximum atomic E-state index is 6.70. The van der Waals surface area contributed by atoms with Crippen LogP contribution < -0.4 is 0 Å². The van der Waals surface area contributed by atoms with Gasteiger partial charge in [0.2, 0.25) is 0 Å². The Bertz CT molecular complexity index is 501. The molecule has 1 aromatic rings. The molecule has 18 heavy (non-hydrogen) atoms. The largest absolute Gasteiger partial charge is 0.0837 e. The number of hydrogen-bond acceptors (Lipinski definition) is 0. The number of rotatable bonds is 1. The minimum Gasteiger partial charge on any atom is -0.0837 e. The van der Waals surface area contributed by atoms with Crippen LogP contribution in [0.3, 0.4) is 0 Å². The molecule has 3 aliphatic rings. The van der Waals surface area contributed by atoms with E-state index in [0.717, 1.165) is 16.9 Å². The molecule has 2 saturated carbocycles. The molecular weight excluding hydrogens is 240 g/mol. The van der Waals surface area contributed by atoms with Crippen LogP contribution in [0.1, 0.15) is 74.0 Å². The molecule has 0 radical (unpaired) electrons. The van der Waals surface area contributed by atoms with Gasteiger partial charge >= 0.3 is 0 Å². The van der Waals surface area contributed by atoms with E-state index in [1.54, 1.807) is 5.56 Å². The maximum Gasteiger partial charge on any atom is 0.0475 e. The van der Waals surface area contributed by atoms with E-state index in [1.165, 1.54) is 56.1 Å². The Morgan fingerprint density at radius 1 is 1.11 bits per heavy atom. The summed E-state index contributed by atoms with van der Waals surface area (Å²) in [6.45, 7) is 2.50. The van der Waals surface area contributed by atoms with Crippen molar-refractivity contribution in [2.75, 3.05) is 0 Å². The molecule has 0 nitrogen and oxygen atoms in total. The van der Waals surface area contributed by atoms with Crippen LogP contribution in [-0.4, -0.2) is 0 Å². The predicted molar refractivity (Wildman–Crippen MR) is 76.4 cm³/mol. The lowest BCUT2D eigenvalue weighted by atomic mass is 9.67. The van der Waals surface area contributed by atoms with Gasteiger partial charge in [-0.3, -0.25) is 0 Å². The lowest BCUT2D eigenvalue weighted by molar-refractivity contribution is 0.252. The third kappa shape index (κ3) is 1.51. The Kier molecular flexibility index (Phi) is 2.37. The summed E-state index contributed by atoms with van der Waals surface area (Å²) in [5.41, 5.74) is 5.11. The van der Waals surface area contributed by atoms with Gasteiger partial charge in [0, 0.05) is 5.02 Å². The van der Waals surface area contributed by atoms with E-state index in [9.17, 15) is 0 Å². The first kappa shape index (κ1) is 11.3. The second kappa shape index (κ2) is 3.76. The molecule has 2 fully saturated rings. The molecule has 0 heterocycles. The summed E-state index contributed by atoms with van der Waals surface area (Å²) in [5.74, 6) is 1.56. The summed E-state index contributed by atoms with van der Waals surface area (Å²) in [6.07, 6.45) is 9.45. The van der Waals surface area contributed by atoms with Gasteiger partial charge in [0.05, 0.1) is 0 Å². The first-order valence-corrected chi connectivity index (χ1v) is 7.88. The van der Waals surface area contributed by atoms with Crippen LogP contribution >= 0.6 is 11.6 Å². The molecule has 2 atom stereocenters. The highest BCUT2D eigenvalue weighted by Gasteiger charge is 2.43. The van der Waals surface area contributed by atoms with Crippen molar-refractivity contribution in [1.29, 1.82) is 0 Å². The van der Waals surface area contributed by atoms with Crippen molar-refractivity contribution >= 4 is 11.6 Å². The van der Waals surface area contributed by atoms with E-state index in [2.05, 4.69) is 19.1 Å². The Balaban J connectivity index is 1.82. The molecule has 96 valence electrons. The van der Waals surface area contributed by atoms with Crippen LogP contribution in [0.25, 0.3) is 0 Å². The number of benzene rings is 1. The smallest absolute Gasteiger partial charge is 0.0475 e. The standard InChI is InChI=1S/C17H21Cl/c1-17-9-2-3-15(17)13-7-6-12(11-4-5-11)16(18)14(13)8-10-17/h6-7,11,15H,2-5,8-10H2,1H3/t15-,17-/m1/s1. The zero-order valence-electron chi connectivity index (χ0n) is 11.1. The van der Waals surface area contributed by atoms with E-state index in [0.29, 0.717) is 5.41 Å². The van der Waals surface area contributed by atoms with Crippen molar-refractivity contribution in [3.8, 4) is 0 Å². The van der Waals surface area contributed by atoms with Crippen LogP contribution in [0, 0.1) is 5.41 Å². The molecule has 0 saturated heterocycles. The van der Waals surface area contributed by atoms with E-state index < -0.39 is 0 Å². The Morgan fingerprint density at radius 2 is 1.89 bits per heavy atom. The highest BCUT2D eigenvalue weighted by Crippen LogP contribution is 2.57. The van der Waals surface area contributed by atoms with Crippen molar-refractivity contribution < 1.29 is 0 Å². The predicted octanol–water partition coefficient (Wildman–Crippen LogP) is 5.44. The number of fused-ring (bicyclic) bond motifs is 3. The molecule has 3 aliphatic carbocycles. The van der Waals surface area contributed by atoms with Crippen molar-refractivity contribution in [1.82, 2.24) is 0 Å². The average molecular weight is 261 g/mol. The van der Waals surface area contributed by atoms with Gasteiger partial charge < -0.3 is 0 Å². The Morgan fingerprint density at radius 3 is 2.67 bits per heavy atom. The third-order valence-electron chi connectivity index (χ3n) is 5.73. The van der Waals surface area contributed by atoms with Crippen LogP contribution in [0.2, 0.25) is 5.02 Å². The molecule has 4 rings (SSSR count). The zero-order chi connectivity index (χ0) is 12.3. The van der Waals surface area contributed by atoms with Gasteiger partial charge in [-0.2, -0.15) is 0 Å². The SMILES string of the molecule is C[C@]12CCC[C@@H]1c1ccc(C3CC3)c(Cl)c1CC2. The van der Waals surface area contributed by atoms with E-state index in [-0.39, 0.29) is 0 Å². The fraction of sp³-hybridized carbons (Fsp3) is 0.647. The number of hydrogen-bond donors (Lipinski definition) is 0. The summed E-state index contributed by atoms with van der Waals surface area (Å²) in [7, 11) is 0. The van der Waals surface area contributed by atoms with E-state index in [4.69, 9.17) is 11.6 Å². The maximum absolute atomic E-state index is 6.70. The normalized spacial score (nSPS) is 34.2. The molecule has 0 aliphatic heterocycles. The van der Waals surface area contributed by atoms with Crippen molar-refractivity contribution in [3.63, 3.8) is 0 Å². The highest BCUT2D eigenvalue weighted by atomic mass is 35.5. The van der Waals surface area contributed by atoms with Gasteiger partial charge in [-0.1, -0.05) is 37.1 Å². The van der Waals surface area contributed by atoms with Crippen molar-refractivity contribution in [2.24, 2.45) is 5.41 Å². The Labute approximate surface area is 115 Å². The summed E-state index contributed by atoms with van der Waals surface area (Å²) < 4.78 is 0. The topological polar surface area (TPSA) is 0 Å². The van der Waals surface area contributed by atoms with Gasteiger partial charge in [0.25, 0.3) is 0 Å². The summed E-state index contributed by atoms with van der Waals surface area (Å²) in [4.78, 5) is 0. The molecule has 1 aromatic carbocycles. The monoisotopic (exact) mass is 260 g/mol. The highest BCUT2D eigenvalue weighted by molar-refractivity contribution is 6.32. The fourth-order valence-corrected chi connectivity index (χ4v) is 4.84. The molecule has 0 bridgehead atoms. The molecule has 0 amide bonds. The first-order valence-electron chi connectivity index (χ1n) is 7.50. The van der Waals surface area contributed by atoms with Crippen molar-refractivity contribution in [2.45, 2.75) is 63.7 Å². The van der Waals surface area contributed by atoms with E-state index in [1.807, 2.05) is 0 Å². The number of halogens is 1. The minimum atomic E-state index is 0.567. The summed E-state index contributed by atoms with van der Waals surface area (Å²) in [6, 6.07) is 4.76. The van der Waals surface area contributed by atoms with Crippen LogP contribution in [0.15, 0.2) is 12.1 Å². The van der Waals surface area contributed by atoms with Crippen molar-refractivity contribution in [3.05, 3.63) is 33.8 Å². The minimum absolute atomic E-state index is 0.567. The second-order valence-electron chi connectivity index (χ2n) is 6.91. The molecule has 1 heteroatoms. The quantitative estimate of drug-likeness (QED) is 0.631. The lowest BCUT2D eigenvalue weighted by Crippen LogP contribution is -2.26.